The van der Waals surface area contributed by atoms with Crippen molar-refractivity contribution in [2.24, 2.45) is 0 Å². The van der Waals surface area contributed by atoms with Gasteiger partial charge in [0.1, 0.15) is 0 Å². The fraction of sp³-hybridized carbons (Fsp3) is 0.750. The Kier molecular flexibility index (Phi) is 4.86. The molecule has 1 aromatic heterocycles. The first-order valence-electron chi connectivity index (χ1n) is 4.56. The molecule has 0 saturated carbocycles. The summed E-state index contributed by atoms with van der Waals surface area (Å²) in [5, 5.41) is 6.96. The standard InChI is InChI=1S/C8H15N3O3S/c1-4-11-7(12)9-10-8(11)15-5-6(13-2)14-3/h6H,4-5H2,1-3H3,(H,9,12). The minimum atomic E-state index is -0.285. The van der Waals surface area contributed by atoms with Gasteiger partial charge in [-0.2, -0.15) is 0 Å². The molecule has 15 heavy (non-hydrogen) atoms. The molecule has 86 valence electrons. The van der Waals surface area contributed by atoms with Crippen LogP contribution in [0.1, 0.15) is 6.92 Å². The van der Waals surface area contributed by atoms with Gasteiger partial charge in [0.25, 0.3) is 0 Å². The first-order chi connectivity index (χ1) is 7.22. The first-order valence-corrected chi connectivity index (χ1v) is 5.55. The summed E-state index contributed by atoms with van der Waals surface area (Å²) in [7, 11) is 3.15. The molecule has 1 aromatic rings. The van der Waals surface area contributed by atoms with Crippen LogP contribution in [-0.2, 0) is 16.0 Å². The third-order valence-electron chi connectivity index (χ3n) is 1.91. The van der Waals surface area contributed by atoms with Gasteiger partial charge in [-0.3, -0.25) is 4.57 Å². The third-order valence-corrected chi connectivity index (χ3v) is 2.92. The second kappa shape index (κ2) is 5.94. The molecule has 0 saturated heterocycles. The summed E-state index contributed by atoms with van der Waals surface area (Å²) in [4.78, 5) is 11.2. The van der Waals surface area contributed by atoms with E-state index in [0.717, 1.165) is 0 Å². The molecule has 1 N–H and O–H groups in total. The van der Waals surface area contributed by atoms with Gasteiger partial charge in [0.2, 0.25) is 0 Å². The highest BCUT2D eigenvalue weighted by molar-refractivity contribution is 7.99. The highest BCUT2D eigenvalue weighted by Crippen LogP contribution is 2.15. The van der Waals surface area contributed by atoms with Gasteiger partial charge in [0.15, 0.2) is 11.4 Å². The van der Waals surface area contributed by atoms with Crippen LogP contribution in [0.2, 0.25) is 0 Å². The zero-order valence-electron chi connectivity index (χ0n) is 9.02. The van der Waals surface area contributed by atoms with E-state index in [1.165, 1.54) is 11.8 Å². The third kappa shape index (κ3) is 3.08. The summed E-state index contributed by atoms with van der Waals surface area (Å²) in [6.07, 6.45) is -0.285. The summed E-state index contributed by atoms with van der Waals surface area (Å²) in [6, 6.07) is 0. The molecule has 0 aliphatic heterocycles. The van der Waals surface area contributed by atoms with Crippen molar-refractivity contribution in [3.05, 3.63) is 10.5 Å². The fourth-order valence-electron chi connectivity index (χ4n) is 1.07. The minimum Gasteiger partial charge on any atom is -0.355 e. The zero-order valence-corrected chi connectivity index (χ0v) is 9.84. The number of hydrogen-bond donors (Lipinski definition) is 1. The molecule has 0 fully saturated rings. The van der Waals surface area contributed by atoms with Gasteiger partial charge in [0.05, 0.1) is 5.75 Å². The van der Waals surface area contributed by atoms with E-state index in [1.807, 2.05) is 6.92 Å². The lowest BCUT2D eigenvalue weighted by atomic mass is 10.7. The van der Waals surface area contributed by atoms with Gasteiger partial charge >= 0.3 is 5.69 Å². The Hall–Kier alpha value is -0.790. The molecule has 0 atom stereocenters. The highest BCUT2D eigenvalue weighted by atomic mass is 32.2. The van der Waals surface area contributed by atoms with E-state index in [4.69, 9.17) is 9.47 Å². The highest BCUT2D eigenvalue weighted by Gasteiger charge is 2.11. The number of aromatic amines is 1. The van der Waals surface area contributed by atoms with Crippen LogP contribution in [0.4, 0.5) is 0 Å². The molecule has 6 nitrogen and oxygen atoms in total. The number of H-pyrrole nitrogens is 1. The van der Waals surface area contributed by atoms with E-state index < -0.39 is 0 Å². The van der Waals surface area contributed by atoms with E-state index in [2.05, 4.69) is 10.2 Å². The lowest BCUT2D eigenvalue weighted by molar-refractivity contribution is -0.0842. The Morgan fingerprint density at radius 2 is 2.20 bits per heavy atom. The van der Waals surface area contributed by atoms with Crippen LogP contribution in [0.15, 0.2) is 9.95 Å². The molecule has 0 aliphatic carbocycles. The van der Waals surface area contributed by atoms with E-state index in [1.54, 1.807) is 18.8 Å². The van der Waals surface area contributed by atoms with Crippen molar-refractivity contribution in [2.75, 3.05) is 20.0 Å². The Labute approximate surface area is 92.0 Å². The van der Waals surface area contributed by atoms with Crippen LogP contribution in [0.25, 0.3) is 0 Å². The lowest BCUT2D eigenvalue weighted by Crippen LogP contribution is -2.18. The van der Waals surface area contributed by atoms with Crippen molar-refractivity contribution >= 4 is 11.8 Å². The Morgan fingerprint density at radius 1 is 1.53 bits per heavy atom. The van der Waals surface area contributed by atoms with Crippen LogP contribution in [0.5, 0.6) is 0 Å². The lowest BCUT2D eigenvalue weighted by Gasteiger charge is -2.11. The molecule has 1 rings (SSSR count). The average Bonchev–Trinajstić information content (AvgIpc) is 2.61. The van der Waals surface area contributed by atoms with Crippen molar-refractivity contribution in [1.29, 1.82) is 0 Å². The molecule has 0 radical (unpaired) electrons. The van der Waals surface area contributed by atoms with Gasteiger partial charge in [-0.25, -0.2) is 9.89 Å². The van der Waals surface area contributed by atoms with Crippen LogP contribution in [0, 0.1) is 0 Å². The second-order valence-electron chi connectivity index (χ2n) is 2.77. The fourth-order valence-corrected chi connectivity index (χ4v) is 2.10. The monoisotopic (exact) mass is 233 g/mol. The van der Waals surface area contributed by atoms with Crippen LogP contribution in [0.3, 0.4) is 0 Å². The predicted molar refractivity (Wildman–Crippen MR) is 57.1 cm³/mol. The summed E-state index contributed by atoms with van der Waals surface area (Å²) >= 11 is 1.42. The summed E-state index contributed by atoms with van der Waals surface area (Å²) in [5.41, 5.74) is -0.189. The number of nitrogens with zero attached hydrogens (tertiary/aromatic N) is 2. The minimum absolute atomic E-state index is 0.189. The number of aromatic nitrogens is 3. The Balaban J connectivity index is 2.60. The number of ether oxygens (including phenoxy) is 2. The molecule has 1 heterocycles. The normalized spacial score (nSPS) is 11.2. The van der Waals surface area contributed by atoms with E-state index in [9.17, 15) is 4.79 Å². The molecule has 0 aliphatic rings. The molecule has 0 aromatic carbocycles. The van der Waals surface area contributed by atoms with Crippen molar-refractivity contribution in [3.8, 4) is 0 Å². The van der Waals surface area contributed by atoms with Gasteiger partial charge in [-0.15, -0.1) is 5.10 Å². The van der Waals surface area contributed by atoms with E-state index >= 15 is 0 Å². The van der Waals surface area contributed by atoms with Crippen LogP contribution >= 0.6 is 11.8 Å². The molecule has 0 unspecified atom stereocenters. The van der Waals surface area contributed by atoms with Gasteiger partial charge in [0, 0.05) is 20.8 Å². The number of thioether (sulfide) groups is 1. The SMILES string of the molecule is CCn1c(SCC(OC)OC)n[nH]c1=O. The van der Waals surface area contributed by atoms with Crippen LogP contribution < -0.4 is 5.69 Å². The molecular formula is C8H15N3O3S. The largest absolute Gasteiger partial charge is 0.355 e. The first kappa shape index (κ1) is 12.3. The molecular weight excluding hydrogens is 218 g/mol. The Bertz CT molecular complexity index is 345. The maximum Gasteiger partial charge on any atom is 0.343 e. The zero-order chi connectivity index (χ0) is 11.3. The second-order valence-corrected chi connectivity index (χ2v) is 3.75. The summed E-state index contributed by atoms with van der Waals surface area (Å²) in [5.74, 6) is 0.595. The van der Waals surface area contributed by atoms with Crippen molar-refractivity contribution in [3.63, 3.8) is 0 Å². The van der Waals surface area contributed by atoms with Gasteiger partial charge in [-0.05, 0) is 6.92 Å². The quantitative estimate of drug-likeness (QED) is 0.565. The van der Waals surface area contributed by atoms with Crippen molar-refractivity contribution in [2.45, 2.75) is 24.9 Å². The predicted octanol–water partition coefficient (Wildman–Crippen LogP) is 0.302. The average molecular weight is 233 g/mol. The number of nitrogens with one attached hydrogen (secondary N) is 1. The van der Waals surface area contributed by atoms with Crippen LogP contribution in [-0.4, -0.2) is 41.0 Å². The number of hydrogen-bond acceptors (Lipinski definition) is 5. The van der Waals surface area contributed by atoms with Gasteiger partial charge in [-0.1, -0.05) is 11.8 Å². The molecule has 7 heteroatoms. The van der Waals surface area contributed by atoms with Crippen molar-refractivity contribution in [1.82, 2.24) is 14.8 Å². The summed E-state index contributed by atoms with van der Waals surface area (Å²) < 4.78 is 11.6. The summed E-state index contributed by atoms with van der Waals surface area (Å²) in [6.45, 7) is 2.49. The molecule has 0 spiro atoms. The molecule has 0 amide bonds. The topological polar surface area (TPSA) is 69.1 Å². The van der Waals surface area contributed by atoms with E-state index in [-0.39, 0.29) is 12.0 Å². The number of rotatable bonds is 6. The maximum absolute atomic E-state index is 11.2. The number of methoxy groups -OCH3 is 2. The maximum atomic E-state index is 11.2. The molecule has 0 bridgehead atoms. The van der Waals surface area contributed by atoms with Crippen molar-refractivity contribution < 1.29 is 9.47 Å². The van der Waals surface area contributed by atoms with E-state index in [0.29, 0.717) is 17.5 Å². The van der Waals surface area contributed by atoms with Gasteiger partial charge < -0.3 is 9.47 Å². The smallest absolute Gasteiger partial charge is 0.343 e. The Morgan fingerprint density at radius 3 is 2.73 bits per heavy atom.